The van der Waals surface area contributed by atoms with E-state index >= 15 is 0 Å². The van der Waals surface area contributed by atoms with Crippen LogP contribution in [0.5, 0.6) is 0 Å². The molecule has 0 aromatic heterocycles. The minimum atomic E-state index is -1.05. The Hall–Kier alpha value is -1.97. The summed E-state index contributed by atoms with van der Waals surface area (Å²) in [4.78, 5) is 13.6. The highest BCUT2D eigenvalue weighted by Gasteiger charge is 2.76. The van der Waals surface area contributed by atoms with Gasteiger partial charge in [0.2, 0.25) is 5.78 Å². The zero-order chi connectivity index (χ0) is 16.9. The summed E-state index contributed by atoms with van der Waals surface area (Å²) in [6.45, 7) is 7.97. The molecule has 0 spiro atoms. The molecule has 0 bridgehead atoms. The van der Waals surface area contributed by atoms with Gasteiger partial charge in [-0.1, -0.05) is 42.0 Å². The van der Waals surface area contributed by atoms with Crippen LogP contribution >= 0.6 is 0 Å². The SMILES string of the molecule is Cc1cc(C)c2c(c1)C[C@]13OC(C)(C)O[C@]21C(=O)c1ccccc13. The predicted molar refractivity (Wildman–Crippen MR) is 90.0 cm³/mol. The van der Waals surface area contributed by atoms with E-state index in [-0.39, 0.29) is 5.78 Å². The van der Waals surface area contributed by atoms with Gasteiger partial charge in [-0.25, -0.2) is 0 Å². The van der Waals surface area contributed by atoms with Crippen molar-refractivity contribution >= 4 is 5.78 Å². The Morgan fingerprint density at radius 2 is 1.79 bits per heavy atom. The first-order valence-corrected chi connectivity index (χ1v) is 8.46. The van der Waals surface area contributed by atoms with E-state index in [2.05, 4.69) is 26.0 Å². The van der Waals surface area contributed by atoms with E-state index in [1.54, 1.807) is 0 Å². The molecule has 0 radical (unpaired) electrons. The van der Waals surface area contributed by atoms with Gasteiger partial charge in [-0.3, -0.25) is 4.79 Å². The number of benzene rings is 2. The van der Waals surface area contributed by atoms with Crippen molar-refractivity contribution in [2.24, 2.45) is 0 Å². The minimum absolute atomic E-state index is 0.0365. The minimum Gasteiger partial charge on any atom is -0.335 e. The molecule has 0 saturated carbocycles. The molecule has 2 atom stereocenters. The molecule has 2 aromatic carbocycles. The van der Waals surface area contributed by atoms with E-state index < -0.39 is 17.0 Å². The Labute approximate surface area is 141 Å². The third-order valence-corrected chi connectivity index (χ3v) is 5.67. The zero-order valence-corrected chi connectivity index (χ0v) is 14.4. The van der Waals surface area contributed by atoms with Crippen LogP contribution in [0.2, 0.25) is 0 Å². The van der Waals surface area contributed by atoms with Crippen molar-refractivity contribution in [2.45, 2.75) is 51.1 Å². The number of carbonyl (C=O) groups is 1. The van der Waals surface area contributed by atoms with Crippen molar-refractivity contribution in [3.63, 3.8) is 0 Å². The van der Waals surface area contributed by atoms with Crippen molar-refractivity contribution in [3.8, 4) is 0 Å². The molecule has 0 N–H and O–H groups in total. The van der Waals surface area contributed by atoms with Crippen molar-refractivity contribution in [2.75, 3.05) is 0 Å². The summed E-state index contributed by atoms with van der Waals surface area (Å²) in [7, 11) is 0. The summed E-state index contributed by atoms with van der Waals surface area (Å²) in [5, 5.41) is 0. The van der Waals surface area contributed by atoms with E-state index in [1.165, 1.54) is 11.1 Å². The van der Waals surface area contributed by atoms with Crippen LogP contribution in [0.3, 0.4) is 0 Å². The molecular formula is C21H20O3. The lowest BCUT2D eigenvalue weighted by Crippen LogP contribution is -2.44. The standard InChI is InChI=1S/C21H20O3/c1-12-9-13(2)17-14(10-12)11-20-16-8-6-5-7-15(16)18(22)21(17,20)24-19(3,4)23-20/h5-10H,11H2,1-4H3/t20-,21+/m1/s1. The second kappa shape index (κ2) is 3.98. The molecule has 0 amide bonds. The lowest BCUT2D eigenvalue weighted by Gasteiger charge is -2.30. The Morgan fingerprint density at radius 1 is 1.04 bits per heavy atom. The molecule has 0 unspecified atom stereocenters. The largest absolute Gasteiger partial charge is 0.335 e. The smallest absolute Gasteiger partial charge is 0.203 e. The fourth-order valence-electron chi connectivity index (χ4n) is 5.25. The molecule has 2 aromatic rings. The highest BCUT2D eigenvalue weighted by Crippen LogP contribution is 2.67. The summed E-state index contributed by atoms with van der Waals surface area (Å²) in [6, 6.07) is 12.1. The Morgan fingerprint density at radius 3 is 2.58 bits per heavy atom. The van der Waals surface area contributed by atoms with Crippen LogP contribution in [0.1, 0.15) is 52.0 Å². The number of hydrogen-bond donors (Lipinski definition) is 0. The van der Waals surface area contributed by atoms with Gasteiger partial charge in [0.25, 0.3) is 0 Å². The first-order valence-electron chi connectivity index (χ1n) is 8.46. The summed E-state index contributed by atoms with van der Waals surface area (Å²) in [5.41, 5.74) is 4.41. The average Bonchev–Trinajstić information content (AvgIpc) is 2.95. The van der Waals surface area contributed by atoms with Gasteiger partial charge in [0.05, 0.1) is 0 Å². The molecular weight excluding hydrogens is 300 g/mol. The molecule has 24 heavy (non-hydrogen) atoms. The highest BCUT2D eigenvalue weighted by atomic mass is 16.8. The fraction of sp³-hybridized carbons (Fsp3) is 0.381. The fourth-order valence-corrected chi connectivity index (χ4v) is 5.25. The van der Waals surface area contributed by atoms with Crippen molar-refractivity contribution in [1.29, 1.82) is 0 Å². The second-order valence-corrected chi connectivity index (χ2v) is 7.78. The second-order valence-electron chi connectivity index (χ2n) is 7.78. The molecule has 3 aliphatic rings. The van der Waals surface area contributed by atoms with Crippen LogP contribution in [0.25, 0.3) is 0 Å². The summed E-state index contributed by atoms with van der Waals surface area (Å²) in [5.74, 6) is -0.757. The van der Waals surface area contributed by atoms with Crippen LogP contribution in [0, 0.1) is 13.8 Å². The summed E-state index contributed by atoms with van der Waals surface area (Å²) >= 11 is 0. The van der Waals surface area contributed by atoms with Gasteiger partial charge in [0, 0.05) is 17.5 Å². The third-order valence-electron chi connectivity index (χ3n) is 5.67. The molecule has 1 aliphatic heterocycles. The van der Waals surface area contributed by atoms with Gasteiger partial charge in [0.1, 0.15) is 5.60 Å². The third kappa shape index (κ3) is 1.36. The number of Topliss-reactive ketones (excluding diaryl/α,β-unsaturated/α-hetero) is 1. The number of hydrogen-bond acceptors (Lipinski definition) is 3. The van der Waals surface area contributed by atoms with Crippen LogP contribution in [-0.4, -0.2) is 11.6 Å². The molecule has 1 saturated heterocycles. The first kappa shape index (κ1) is 14.4. The van der Waals surface area contributed by atoms with Gasteiger partial charge < -0.3 is 9.47 Å². The van der Waals surface area contributed by atoms with Crippen molar-refractivity contribution in [3.05, 3.63) is 69.8 Å². The monoisotopic (exact) mass is 320 g/mol. The Balaban J connectivity index is 1.91. The van der Waals surface area contributed by atoms with Crippen molar-refractivity contribution in [1.82, 2.24) is 0 Å². The number of rotatable bonds is 0. The maximum atomic E-state index is 13.6. The predicted octanol–water partition coefficient (Wildman–Crippen LogP) is 3.93. The molecule has 122 valence electrons. The number of aryl methyl sites for hydroxylation is 2. The van der Waals surface area contributed by atoms with Gasteiger partial charge in [-0.05, 0) is 44.4 Å². The van der Waals surface area contributed by atoms with Gasteiger partial charge >= 0.3 is 0 Å². The number of carbonyl (C=O) groups excluding carboxylic acids is 1. The number of ketones is 1. The Bertz CT molecular complexity index is 927. The van der Waals surface area contributed by atoms with E-state index in [0.29, 0.717) is 6.42 Å². The van der Waals surface area contributed by atoms with E-state index in [1.807, 2.05) is 38.1 Å². The van der Waals surface area contributed by atoms with Gasteiger partial charge in [-0.2, -0.15) is 0 Å². The average molecular weight is 320 g/mol. The topological polar surface area (TPSA) is 35.5 Å². The number of ether oxygens (including phenoxy) is 2. The van der Waals surface area contributed by atoms with Crippen LogP contribution in [0.15, 0.2) is 36.4 Å². The molecule has 3 nitrogen and oxygen atoms in total. The molecule has 2 aliphatic carbocycles. The first-order chi connectivity index (χ1) is 11.3. The van der Waals surface area contributed by atoms with Crippen molar-refractivity contribution < 1.29 is 14.3 Å². The number of fused-ring (bicyclic) bond motifs is 2. The van der Waals surface area contributed by atoms with Gasteiger partial charge in [-0.15, -0.1) is 0 Å². The molecule has 1 fully saturated rings. The lowest BCUT2D eigenvalue weighted by atomic mass is 9.82. The highest BCUT2D eigenvalue weighted by molar-refractivity contribution is 6.10. The van der Waals surface area contributed by atoms with Gasteiger partial charge in [0.15, 0.2) is 11.4 Å². The van der Waals surface area contributed by atoms with E-state index in [4.69, 9.17) is 9.47 Å². The maximum absolute atomic E-state index is 13.6. The van der Waals surface area contributed by atoms with Crippen LogP contribution in [-0.2, 0) is 27.1 Å². The normalized spacial score (nSPS) is 31.6. The lowest BCUT2D eigenvalue weighted by molar-refractivity contribution is -0.171. The van der Waals surface area contributed by atoms with E-state index in [0.717, 1.165) is 22.3 Å². The summed E-state index contributed by atoms with van der Waals surface area (Å²) < 4.78 is 13.0. The molecule has 5 rings (SSSR count). The maximum Gasteiger partial charge on any atom is 0.203 e. The quantitative estimate of drug-likeness (QED) is 0.738. The van der Waals surface area contributed by atoms with E-state index in [9.17, 15) is 4.79 Å². The summed E-state index contributed by atoms with van der Waals surface area (Å²) in [6.07, 6.45) is 0.678. The molecule has 1 heterocycles. The Kier molecular flexibility index (Phi) is 2.39. The molecule has 3 heteroatoms. The van der Waals surface area contributed by atoms with Crippen LogP contribution < -0.4 is 0 Å². The zero-order valence-electron chi connectivity index (χ0n) is 14.4. The van der Waals surface area contributed by atoms with Crippen LogP contribution in [0.4, 0.5) is 0 Å².